The van der Waals surface area contributed by atoms with Gasteiger partial charge in [-0.15, -0.1) is 0 Å². The number of hydrogen-bond donors (Lipinski definition) is 0. The molecule has 2 aliphatic rings. The van der Waals surface area contributed by atoms with E-state index in [4.69, 9.17) is 0 Å². The Balaban J connectivity index is 2.34. The monoisotopic (exact) mass is 268 g/mol. The predicted octanol–water partition coefficient (Wildman–Crippen LogP) is 3.22. The topological polar surface area (TPSA) is 0 Å². The molecule has 0 bridgehead atoms. The van der Waals surface area contributed by atoms with Crippen LogP contribution in [0.3, 0.4) is 0 Å². The van der Waals surface area contributed by atoms with Gasteiger partial charge in [-0.2, -0.15) is 0 Å². The van der Waals surface area contributed by atoms with Crippen LogP contribution in [0.1, 0.15) is 0 Å². The lowest BCUT2D eigenvalue weighted by Gasteiger charge is -2.13. The molecule has 0 saturated carbocycles. The molecule has 0 N–H and O–H groups in total. The van der Waals surface area contributed by atoms with Crippen LogP contribution in [-0.4, -0.2) is 0 Å². The van der Waals surface area contributed by atoms with Crippen molar-refractivity contribution in [1.82, 2.24) is 0 Å². The van der Waals surface area contributed by atoms with Crippen LogP contribution < -0.4 is 10.4 Å². The van der Waals surface area contributed by atoms with Gasteiger partial charge in [0.25, 0.3) is 0 Å². The van der Waals surface area contributed by atoms with E-state index in [0.29, 0.717) is 5.92 Å². The number of rotatable bonds is 0. The summed E-state index contributed by atoms with van der Waals surface area (Å²) in [6.07, 6.45) is 15.4. The molecule has 0 aromatic heterocycles. The van der Waals surface area contributed by atoms with E-state index >= 15 is 0 Å². The van der Waals surface area contributed by atoms with E-state index in [0.717, 1.165) is 0 Å². The smallest absolute Gasteiger partial charge is 0.0211 e. The Hall–Kier alpha value is -2.60. The number of hydrogen-bond acceptors (Lipinski definition) is 0. The van der Waals surface area contributed by atoms with Gasteiger partial charge in [-0.05, 0) is 26.4 Å². The molecule has 2 aliphatic carbocycles. The summed E-state index contributed by atoms with van der Waals surface area (Å²) in [5, 5.41) is 5.21. The Labute approximate surface area is 124 Å². The van der Waals surface area contributed by atoms with E-state index in [1.165, 1.54) is 26.4 Å². The fourth-order valence-corrected chi connectivity index (χ4v) is 3.13. The van der Waals surface area contributed by atoms with Gasteiger partial charge < -0.3 is 0 Å². The fraction of sp³-hybridized carbons (Fsp3) is 0.0476. The van der Waals surface area contributed by atoms with Gasteiger partial charge in [0, 0.05) is 5.92 Å². The Morgan fingerprint density at radius 3 is 2.24 bits per heavy atom. The van der Waals surface area contributed by atoms with Crippen molar-refractivity contribution in [2.75, 3.05) is 0 Å². The van der Waals surface area contributed by atoms with Crippen LogP contribution >= 0.6 is 0 Å². The lowest BCUT2D eigenvalue weighted by molar-refractivity contribution is 1.08. The van der Waals surface area contributed by atoms with Crippen molar-refractivity contribution in [3.8, 4) is 0 Å². The number of fused-ring (bicyclic) bond motifs is 3. The summed E-state index contributed by atoms with van der Waals surface area (Å²) in [6.45, 7) is 0. The lowest BCUT2D eigenvalue weighted by Crippen LogP contribution is -2.14. The van der Waals surface area contributed by atoms with Crippen LogP contribution in [0.25, 0.3) is 11.6 Å². The zero-order chi connectivity index (χ0) is 14.1. The SMILES string of the molecule is C1=C\C2=c3/cccc/c3=c3\cccc\c3=C\C=C/C2C=C1. The van der Waals surface area contributed by atoms with Gasteiger partial charge in [-0.25, -0.2) is 0 Å². The van der Waals surface area contributed by atoms with Crippen molar-refractivity contribution in [1.29, 1.82) is 0 Å². The summed E-state index contributed by atoms with van der Waals surface area (Å²) in [4.78, 5) is 0. The Bertz CT molecular complexity index is 985. The van der Waals surface area contributed by atoms with Crippen LogP contribution in [0.15, 0.2) is 85.0 Å². The third-order valence-corrected chi connectivity index (χ3v) is 4.15. The summed E-state index contributed by atoms with van der Waals surface area (Å²) in [6, 6.07) is 17.3. The highest BCUT2D eigenvalue weighted by Crippen LogP contribution is 2.20. The normalized spacial score (nSPS) is 26.1. The van der Waals surface area contributed by atoms with Gasteiger partial charge in [-0.3, -0.25) is 0 Å². The molecule has 0 fully saturated rings. The average Bonchev–Trinajstić information content (AvgIpc) is 2.62. The third-order valence-electron chi connectivity index (χ3n) is 4.15. The number of allylic oxidation sites excluding steroid dienone is 6. The van der Waals surface area contributed by atoms with Gasteiger partial charge >= 0.3 is 0 Å². The van der Waals surface area contributed by atoms with Crippen LogP contribution in [0.2, 0.25) is 0 Å². The summed E-state index contributed by atoms with van der Waals surface area (Å²) in [7, 11) is 0. The Morgan fingerprint density at radius 1 is 0.619 bits per heavy atom. The lowest BCUT2D eigenvalue weighted by atomic mass is 9.91. The highest BCUT2D eigenvalue weighted by Gasteiger charge is 2.09. The van der Waals surface area contributed by atoms with Gasteiger partial charge in [0.1, 0.15) is 0 Å². The largest absolute Gasteiger partial charge is 0.0732 e. The molecule has 0 heteroatoms. The highest BCUT2D eigenvalue weighted by atomic mass is 14.1. The molecular formula is C21H16. The molecular weight excluding hydrogens is 252 g/mol. The van der Waals surface area contributed by atoms with Crippen LogP contribution in [0.5, 0.6) is 0 Å². The molecule has 0 aliphatic heterocycles. The fourth-order valence-electron chi connectivity index (χ4n) is 3.13. The molecule has 4 rings (SSSR count). The van der Waals surface area contributed by atoms with Crippen molar-refractivity contribution in [2.24, 2.45) is 5.92 Å². The Kier molecular flexibility index (Phi) is 2.93. The zero-order valence-corrected chi connectivity index (χ0v) is 11.7. The molecule has 100 valence electrons. The zero-order valence-electron chi connectivity index (χ0n) is 11.7. The molecule has 0 spiro atoms. The maximum Gasteiger partial charge on any atom is 0.0211 e. The number of benzene rings is 2. The molecule has 21 heavy (non-hydrogen) atoms. The van der Waals surface area contributed by atoms with E-state index in [9.17, 15) is 0 Å². The molecule has 0 heterocycles. The molecule has 1 atom stereocenters. The van der Waals surface area contributed by atoms with Gasteiger partial charge in [0.15, 0.2) is 0 Å². The maximum atomic E-state index is 2.27. The molecule has 0 radical (unpaired) electrons. The second-order valence-corrected chi connectivity index (χ2v) is 5.41. The quantitative estimate of drug-likeness (QED) is 0.688. The molecule has 0 saturated heterocycles. The molecule has 0 nitrogen and oxygen atoms in total. The summed E-state index contributed by atoms with van der Waals surface area (Å²) >= 11 is 0. The van der Waals surface area contributed by atoms with Crippen molar-refractivity contribution in [3.05, 3.63) is 106 Å². The summed E-state index contributed by atoms with van der Waals surface area (Å²) < 4.78 is 0. The minimum Gasteiger partial charge on any atom is -0.0732 e. The minimum atomic E-state index is 0.349. The van der Waals surface area contributed by atoms with Crippen molar-refractivity contribution < 1.29 is 0 Å². The first-order valence-electron chi connectivity index (χ1n) is 7.35. The second-order valence-electron chi connectivity index (χ2n) is 5.41. The molecule has 1 unspecified atom stereocenters. The first kappa shape index (κ1) is 12.2. The van der Waals surface area contributed by atoms with Crippen LogP contribution in [-0.2, 0) is 0 Å². The minimum absolute atomic E-state index is 0.349. The molecule has 2 aromatic rings. The van der Waals surface area contributed by atoms with E-state index in [1.807, 2.05) is 0 Å². The third kappa shape index (κ3) is 2.09. The molecule has 2 aromatic carbocycles. The standard InChI is InChI=1S/C21H16/c1-3-12-18-16(8-1)10-7-11-17-9-2-4-13-19(17)21-15-6-5-14-20(18)21/h1-16H/b10-7-,17-11-,20-18-,21-19-. The van der Waals surface area contributed by atoms with Gasteiger partial charge in [0.05, 0.1) is 0 Å². The Morgan fingerprint density at radius 2 is 1.33 bits per heavy atom. The van der Waals surface area contributed by atoms with E-state index in [1.54, 1.807) is 0 Å². The van der Waals surface area contributed by atoms with Crippen LogP contribution in [0, 0.1) is 16.4 Å². The van der Waals surface area contributed by atoms with Crippen molar-refractivity contribution in [2.45, 2.75) is 0 Å². The van der Waals surface area contributed by atoms with E-state index < -0.39 is 0 Å². The summed E-state index contributed by atoms with van der Waals surface area (Å²) in [5.74, 6) is 0.349. The van der Waals surface area contributed by atoms with Gasteiger partial charge in [0.2, 0.25) is 0 Å². The predicted molar refractivity (Wildman–Crippen MR) is 88.6 cm³/mol. The average molecular weight is 268 g/mol. The second kappa shape index (κ2) is 5.06. The van der Waals surface area contributed by atoms with Crippen molar-refractivity contribution >= 4 is 11.6 Å². The molecule has 0 amide bonds. The van der Waals surface area contributed by atoms with Crippen LogP contribution in [0.4, 0.5) is 0 Å². The van der Waals surface area contributed by atoms with Gasteiger partial charge in [-0.1, -0.05) is 91.1 Å². The van der Waals surface area contributed by atoms with Crippen molar-refractivity contribution in [3.63, 3.8) is 0 Å². The van der Waals surface area contributed by atoms with E-state index in [2.05, 4.69) is 91.1 Å². The van der Waals surface area contributed by atoms with E-state index in [-0.39, 0.29) is 0 Å². The first-order chi connectivity index (χ1) is 10.4. The summed E-state index contributed by atoms with van der Waals surface area (Å²) in [5.41, 5.74) is 1.37. The maximum absolute atomic E-state index is 2.27. The highest BCUT2D eigenvalue weighted by molar-refractivity contribution is 5.66. The first-order valence-corrected chi connectivity index (χ1v) is 7.35.